The molecule has 5 heteroatoms. The molecule has 1 N–H and O–H groups in total. The van der Waals surface area contributed by atoms with E-state index in [-0.39, 0.29) is 5.75 Å². The highest BCUT2D eigenvalue weighted by atomic mass is 19.4. The maximum Gasteiger partial charge on any atom is 0.416 e. The van der Waals surface area contributed by atoms with Crippen LogP contribution in [0.15, 0.2) is 60.7 Å². The van der Waals surface area contributed by atoms with Gasteiger partial charge >= 0.3 is 6.18 Å². The summed E-state index contributed by atoms with van der Waals surface area (Å²) in [6.07, 6.45) is -4.37. The smallest absolute Gasteiger partial charge is 0.416 e. The lowest BCUT2D eigenvalue weighted by molar-refractivity contribution is -0.137. The van der Waals surface area contributed by atoms with Gasteiger partial charge in [-0.25, -0.2) is 0 Å². The Morgan fingerprint density at radius 1 is 0.818 bits per heavy atom. The van der Waals surface area contributed by atoms with E-state index in [1.54, 1.807) is 30.3 Å². The lowest BCUT2D eigenvalue weighted by Gasteiger charge is -2.10. The zero-order valence-electron chi connectivity index (χ0n) is 11.3. The van der Waals surface area contributed by atoms with Crippen LogP contribution < -0.4 is 4.74 Å². The number of benzene rings is 3. The first kappa shape index (κ1) is 14.3. The maximum atomic E-state index is 12.5. The molecule has 0 heterocycles. The van der Waals surface area contributed by atoms with Crippen LogP contribution in [0, 0.1) is 0 Å². The molecule has 0 aliphatic rings. The second kappa shape index (κ2) is 5.26. The number of halogens is 3. The van der Waals surface area contributed by atoms with Crippen molar-refractivity contribution in [3.8, 4) is 17.2 Å². The lowest BCUT2D eigenvalue weighted by Crippen LogP contribution is -2.03. The molecule has 0 aliphatic heterocycles. The minimum atomic E-state index is -4.37. The summed E-state index contributed by atoms with van der Waals surface area (Å²) in [6.45, 7) is 0. The largest absolute Gasteiger partial charge is 0.507 e. The third-order valence-corrected chi connectivity index (χ3v) is 3.25. The number of phenolic OH excluding ortho intramolecular Hbond substituents is 1. The molecular weight excluding hydrogens is 293 g/mol. The van der Waals surface area contributed by atoms with E-state index in [0.717, 1.165) is 17.5 Å². The Morgan fingerprint density at radius 3 is 2.18 bits per heavy atom. The molecule has 0 saturated heterocycles. The molecule has 0 aromatic heterocycles. The van der Waals surface area contributed by atoms with Crippen molar-refractivity contribution in [3.63, 3.8) is 0 Å². The van der Waals surface area contributed by atoms with E-state index < -0.39 is 11.7 Å². The number of fused-ring (bicyclic) bond motifs is 1. The normalized spacial score (nSPS) is 11.6. The summed E-state index contributed by atoms with van der Waals surface area (Å²) >= 11 is 0. The van der Waals surface area contributed by atoms with Gasteiger partial charge in [0.2, 0.25) is 0 Å². The van der Waals surface area contributed by atoms with Crippen LogP contribution >= 0.6 is 0 Å². The monoisotopic (exact) mass is 304 g/mol. The van der Waals surface area contributed by atoms with E-state index in [9.17, 15) is 18.3 Å². The van der Waals surface area contributed by atoms with Crippen LogP contribution in [0.25, 0.3) is 10.8 Å². The molecule has 0 unspecified atom stereocenters. The molecule has 22 heavy (non-hydrogen) atoms. The molecule has 2 nitrogen and oxygen atoms in total. The molecule has 3 aromatic carbocycles. The van der Waals surface area contributed by atoms with Crippen LogP contribution in [-0.2, 0) is 6.18 Å². The number of ether oxygens (including phenoxy) is 1. The van der Waals surface area contributed by atoms with Crippen LogP contribution in [0.3, 0.4) is 0 Å². The highest BCUT2D eigenvalue weighted by Gasteiger charge is 2.30. The summed E-state index contributed by atoms with van der Waals surface area (Å²) in [5.41, 5.74) is -0.726. The van der Waals surface area contributed by atoms with Gasteiger partial charge in [0, 0.05) is 5.39 Å². The fraction of sp³-hybridized carbons (Fsp3) is 0.0588. The van der Waals surface area contributed by atoms with Crippen molar-refractivity contribution < 1.29 is 23.0 Å². The highest BCUT2D eigenvalue weighted by molar-refractivity contribution is 5.89. The van der Waals surface area contributed by atoms with Crippen LogP contribution in [-0.4, -0.2) is 5.11 Å². The summed E-state index contributed by atoms with van der Waals surface area (Å²) in [7, 11) is 0. The summed E-state index contributed by atoms with van der Waals surface area (Å²) < 4.78 is 43.0. The van der Waals surface area contributed by atoms with Crippen LogP contribution in [0.5, 0.6) is 17.2 Å². The minimum Gasteiger partial charge on any atom is -0.507 e. The van der Waals surface area contributed by atoms with E-state index in [1.807, 2.05) is 6.07 Å². The van der Waals surface area contributed by atoms with E-state index in [1.165, 1.54) is 12.1 Å². The molecule has 0 amide bonds. The molecule has 0 fully saturated rings. The zero-order valence-corrected chi connectivity index (χ0v) is 11.3. The van der Waals surface area contributed by atoms with Crippen molar-refractivity contribution in [1.29, 1.82) is 0 Å². The predicted molar refractivity (Wildman–Crippen MR) is 77.1 cm³/mol. The van der Waals surface area contributed by atoms with Crippen molar-refractivity contribution in [1.82, 2.24) is 0 Å². The second-order valence-corrected chi connectivity index (χ2v) is 4.78. The SMILES string of the molecule is Oc1cccc2ccc(Oc3ccc(C(F)(F)F)cc3)cc12. The molecule has 112 valence electrons. The van der Waals surface area contributed by atoms with Gasteiger partial charge in [0.05, 0.1) is 5.56 Å². The third kappa shape index (κ3) is 2.83. The molecule has 0 saturated carbocycles. The number of hydrogen-bond donors (Lipinski definition) is 1. The van der Waals surface area contributed by atoms with E-state index in [4.69, 9.17) is 4.74 Å². The molecule has 0 aliphatic carbocycles. The predicted octanol–water partition coefficient (Wildman–Crippen LogP) is 5.36. The third-order valence-electron chi connectivity index (χ3n) is 3.25. The Labute approximate surface area is 124 Å². The number of hydrogen-bond acceptors (Lipinski definition) is 2. The van der Waals surface area contributed by atoms with E-state index in [0.29, 0.717) is 16.9 Å². The fourth-order valence-electron chi connectivity index (χ4n) is 2.15. The van der Waals surface area contributed by atoms with Gasteiger partial charge in [0.1, 0.15) is 17.2 Å². The molecule has 3 rings (SSSR count). The summed E-state index contributed by atoms with van der Waals surface area (Å²) in [5.74, 6) is 0.854. The Morgan fingerprint density at radius 2 is 1.50 bits per heavy atom. The Bertz CT molecular complexity index is 808. The van der Waals surface area contributed by atoms with Crippen molar-refractivity contribution in [2.24, 2.45) is 0 Å². The van der Waals surface area contributed by atoms with Crippen molar-refractivity contribution >= 4 is 10.8 Å². The van der Waals surface area contributed by atoms with Gasteiger partial charge in [-0.05, 0) is 47.9 Å². The van der Waals surface area contributed by atoms with Gasteiger partial charge in [-0.3, -0.25) is 0 Å². The first-order valence-electron chi connectivity index (χ1n) is 6.50. The quantitative estimate of drug-likeness (QED) is 0.691. The molecular formula is C17H11F3O2. The van der Waals surface area contributed by atoms with E-state index in [2.05, 4.69) is 0 Å². The van der Waals surface area contributed by atoms with Crippen LogP contribution in [0.1, 0.15) is 5.56 Å². The average Bonchev–Trinajstić information content (AvgIpc) is 2.48. The average molecular weight is 304 g/mol. The van der Waals surface area contributed by atoms with Crippen LogP contribution in [0.2, 0.25) is 0 Å². The van der Waals surface area contributed by atoms with Crippen molar-refractivity contribution in [3.05, 3.63) is 66.2 Å². The molecule has 0 radical (unpaired) electrons. The minimum absolute atomic E-state index is 0.121. The molecule has 0 atom stereocenters. The van der Waals surface area contributed by atoms with Gasteiger partial charge in [-0.15, -0.1) is 0 Å². The number of phenols is 1. The van der Waals surface area contributed by atoms with Gasteiger partial charge in [0.25, 0.3) is 0 Å². The zero-order chi connectivity index (χ0) is 15.7. The van der Waals surface area contributed by atoms with Crippen molar-refractivity contribution in [2.75, 3.05) is 0 Å². The molecule has 0 bridgehead atoms. The van der Waals surface area contributed by atoms with Crippen molar-refractivity contribution in [2.45, 2.75) is 6.18 Å². The fourth-order valence-corrected chi connectivity index (χ4v) is 2.15. The Balaban J connectivity index is 1.88. The van der Waals surface area contributed by atoms with Crippen LogP contribution in [0.4, 0.5) is 13.2 Å². The van der Waals surface area contributed by atoms with Gasteiger partial charge < -0.3 is 9.84 Å². The molecule has 0 spiro atoms. The first-order chi connectivity index (χ1) is 10.4. The lowest BCUT2D eigenvalue weighted by atomic mass is 10.1. The summed E-state index contributed by atoms with van der Waals surface area (Å²) in [6, 6.07) is 14.7. The number of rotatable bonds is 2. The number of alkyl halides is 3. The second-order valence-electron chi connectivity index (χ2n) is 4.78. The highest BCUT2D eigenvalue weighted by Crippen LogP contribution is 2.33. The molecule has 3 aromatic rings. The first-order valence-corrected chi connectivity index (χ1v) is 6.50. The Kier molecular flexibility index (Phi) is 3.41. The van der Waals surface area contributed by atoms with E-state index >= 15 is 0 Å². The van der Waals surface area contributed by atoms with Gasteiger partial charge in [-0.2, -0.15) is 13.2 Å². The Hall–Kier alpha value is -2.69. The van der Waals surface area contributed by atoms with Gasteiger partial charge in [0.15, 0.2) is 0 Å². The topological polar surface area (TPSA) is 29.5 Å². The number of aromatic hydroxyl groups is 1. The van der Waals surface area contributed by atoms with Gasteiger partial charge in [-0.1, -0.05) is 18.2 Å². The maximum absolute atomic E-state index is 12.5. The summed E-state index contributed by atoms with van der Waals surface area (Å²) in [5, 5.41) is 11.3. The standard InChI is InChI=1S/C17H11F3O2/c18-17(19,20)12-5-8-13(9-6-12)22-14-7-4-11-2-1-3-16(21)15(11)10-14/h1-10,21H. The summed E-state index contributed by atoms with van der Waals surface area (Å²) in [4.78, 5) is 0.